The second-order valence-corrected chi connectivity index (χ2v) is 5.45. The number of phenolic OH excluding ortho intramolecular Hbond substituents is 1. The molecule has 102 valence electrons. The lowest BCUT2D eigenvalue weighted by atomic mass is 9.87. The van der Waals surface area contributed by atoms with Gasteiger partial charge in [-0.25, -0.2) is 0 Å². The van der Waals surface area contributed by atoms with Crippen molar-refractivity contribution in [1.82, 2.24) is 5.32 Å². The number of nitrogens with one attached hydrogen (secondary N) is 1. The number of rotatable bonds is 5. The number of phenols is 1. The Morgan fingerprint density at radius 1 is 1.33 bits per heavy atom. The highest BCUT2D eigenvalue weighted by atomic mass is 16.5. The van der Waals surface area contributed by atoms with Crippen molar-refractivity contribution in [3.8, 4) is 11.5 Å². The lowest BCUT2D eigenvalue weighted by Gasteiger charge is -2.30. The first-order chi connectivity index (χ1) is 8.40. The molecule has 0 heterocycles. The average molecular weight is 253 g/mol. The number of para-hydroxylation sites is 1. The predicted octanol–water partition coefficient (Wildman–Crippen LogP) is 1.90. The van der Waals surface area contributed by atoms with E-state index in [-0.39, 0.29) is 23.8 Å². The molecule has 0 aromatic heterocycles. The van der Waals surface area contributed by atoms with E-state index < -0.39 is 0 Å². The van der Waals surface area contributed by atoms with Crippen molar-refractivity contribution in [3.63, 3.8) is 0 Å². The van der Waals surface area contributed by atoms with Crippen LogP contribution in [0.5, 0.6) is 11.5 Å². The van der Waals surface area contributed by atoms with Gasteiger partial charge in [0.05, 0.1) is 13.7 Å². The lowest BCUT2D eigenvalue weighted by Crippen LogP contribution is -2.42. The number of hydrogen-bond acceptors (Lipinski definition) is 4. The van der Waals surface area contributed by atoms with Crippen molar-refractivity contribution in [2.75, 3.05) is 13.7 Å². The first kappa shape index (κ1) is 14.8. The zero-order chi connectivity index (χ0) is 13.8. The van der Waals surface area contributed by atoms with Gasteiger partial charge in [-0.05, 0) is 11.5 Å². The molecule has 0 aliphatic heterocycles. The summed E-state index contributed by atoms with van der Waals surface area (Å²) in [5.74, 6) is 0.615. The van der Waals surface area contributed by atoms with E-state index in [1.807, 2.05) is 12.1 Å². The summed E-state index contributed by atoms with van der Waals surface area (Å²) in [5, 5.41) is 22.6. The zero-order valence-corrected chi connectivity index (χ0v) is 11.5. The van der Waals surface area contributed by atoms with Crippen LogP contribution in [0.2, 0.25) is 0 Å². The van der Waals surface area contributed by atoms with Gasteiger partial charge in [0.25, 0.3) is 0 Å². The largest absolute Gasteiger partial charge is 0.504 e. The van der Waals surface area contributed by atoms with Crippen LogP contribution in [-0.4, -0.2) is 30.0 Å². The molecule has 0 saturated carbocycles. The van der Waals surface area contributed by atoms with Crippen LogP contribution in [0.3, 0.4) is 0 Å². The molecule has 0 amide bonds. The molecular formula is C14H23NO3. The van der Waals surface area contributed by atoms with E-state index in [0.717, 1.165) is 5.56 Å². The van der Waals surface area contributed by atoms with Crippen molar-refractivity contribution in [1.29, 1.82) is 0 Å². The number of aromatic hydroxyl groups is 1. The molecule has 0 spiro atoms. The van der Waals surface area contributed by atoms with Crippen molar-refractivity contribution >= 4 is 0 Å². The summed E-state index contributed by atoms with van der Waals surface area (Å²) < 4.78 is 5.06. The molecule has 1 aromatic rings. The molecule has 0 fully saturated rings. The van der Waals surface area contributed by atoms with Crippen LogP contribution in [-0.2, 0) is 6.54 Å². The highest BCUT2D eigenvalue weighted by Crippen LogP contribution is 2.29. The van der Waals surface area contributed by atoms with Crippen LogP contribution >= 0.6 is 0 Å². The third kappa shape index (κ3) is 3.62. The molecule has 4 heteroatoms. The normalized spacial score (nSPS) is 13.4. The van der Waals surface area contributed by atoms with Crippen LogP contribution in [0.1, 0.15) is 26.3 Å². The summed E-state index contributed by atoms with van der Waals surface area (Å²) in [6, 6.07) is 5.36. The van der Waals surface area contributed by atoms with Crippen molar-refractivity contribution < 1.29 is 14.9 Å². The maximum Gasteiger partial charge on any atom is 0.162 e. The minimum absolute atomic E-state index is 0.0249. The number of methoxy groups -OCH3 is 1. The van der Waals surface area contributed by atoms with Gasteiger partial charge in [-0.1, -0.05) is 32.9 Å². The van der Waals surface area contributed by atoms with Crippen LogP contribution in [0.25, 0.3) is 0 Å². The number of benzene rings is 1. The van der Waals surface area contributed by atoms with E-state index in [1.165, 1.54) is 7.11 Å². The van der Waals surface area contributed by atoms with Gasteiger partial charge < -0.3 is 20.3 Å². The molecule has 1 rings (SSSR count). The fourth-order valence-electron chi connectivity index (χ4n) is 1.75. The number of ether oxygens (including phenoxy) is 1. The lowest BCUT2D eigenvalue weighted by molar-refractivity contribution is 0.157. The summed E-state index contributed by atoms with van der Waals surface area (Å²) in [5.41, 5.74) is 0.723. The molecule has 0 radical (unpaired) electrons. The molecule has 1 atom stereocenters. The summed E-state index contributed by atoms with van der Waals surface area (Å²) in [7, 11) is 1.53. The van der Waals surface area contributed by atoms with Gasteiger partial charge in [0.15, 0.2) is 11.5 Å². The van der Waals surface area contributed by atoms with E-state index in [0.29, 0.717) is 12.3 Å². The molecule has 1 aromatic carbocycles. The Morgan fingerprint density at radius 3 is 2.50 bits per heavy atom. The molecule has 0 aliphatic carbocycles. The Balaban J connectivity index is 2.74. The van der Waals surface area contributed by atoms with Gasteiger partial charge in [0, 0.05) is 18.2 Å². The van der Waals surface area contributed by atoms with E-state index >= 15 is 0 Å². The summed E-state index contributed by atoms with van der Waals surface area (Å²) in [4.78, 5) is 0. The zero-order valence-electron chi connectivity index (χ0n) is 11.5. The number of aliphatic hydroxyl groups excluding tert-OH is 1. The quantitative estimate of drug-likeness (QED) is 0.750. The van der Waals surface area contributed by atoms with Crippen LogP contribution in [0.4, 0.5) is 0 Å². The van der Waals surface area contributed by atoms with Gasteiger partial charge in [-0.3, -0.25) is 0 Å². The molecule has 18 heavy (non-hydrogen) atoms. The van der Waals surface area contributed by atoms with E-state index in [9.17, 15) is 10.2 Å². The monoisotopic (exact) mass is 253 g/mol. The molecule has 0 aliphatic rings. The van der Waals surface area contributed by atoms with Crippen molar-refractivity contribution in [2.24, 2.45) is 5.41 Å². The smallest absolute Gasteiger partial charge is 0.162 e. The molecular weight excluding hydrogens is 230 g/mol. The fourth-order valence-corrected chi connectivity index (χ4v) is 1.75. The molecule has 4 nitrogen and oxygen atoms in total. The second kappa shape index (κ2) is 6.07. The molecule has 0 saturated heterocycles. The minimum atomic E-state index is -0.0385. The summed E-state index contributed by atoms with van der Waals surface area (Å²) in [6.45, 7) is 6.74. The molecule has 0 bridgehead atoms. The van der Waals surface area contributed by atoms with Gasteiger partial charge in [-0.2, -0.15) is 0 Å². The second-order valence-electron chi connectivity index (χ2n) is 5.45. The van der Waals surface area contributed by atoms with Crippen molar-refractivity contribution in [2.45, 2.75) is 33.4 Å². The number of aliphatic hydroxyl groups is 1. The maximum atomic E-state index is 9.95. The van der Waals surface area contributed by atoms with E-state index in [1.54, 1.807) is 6.07 Å². The van der Waals surface area contributed by atoms with Gasteiger partial charge in [0.1, 0.15) is 0 Å². The topological polar surface area (TPSA) is 61.7 Å². The Bertz CT molecular complexity index is 385. The Kier molecular flexibility index (Phi) is 4.99. The Morgan fingerprint density at radius 2 is 2.00 bits per heavy atom. The summed E-state index contributed by atoms with van der Waals surface area (Å²) >= 11 is 0. The SMILES string of the molecule is COc1cccc(CN[C@H](CO)C(C)(C)C)c1O. The Labute approximate surface area is 109 Å². The highest BCUT2D eigenvalue weighted by molar-refractivity contribution is 5.45. The fraction of sp³-hybridized carbons (Fsp3) is 0.571. The van der Waals surface area contributed by atoms with Gasteiger partial charge >= 0.3 is 0 Å². The third-order valence-corrected chi connectivity index (χ3v) is 3.07. The highest BCUT2D eigenvalue weighted by Gasteiger charge is 2.23. The standard InChI is InChI=1S/C14H23NO3/c1-14(2,3)12(9-16)15-8-10-6-5-7-11(18-4)13(10)17/h5-7,12,15-17H,8-9H2,1-4H3/t12-/m1/s1. The average Bonchev–Trinajstić information content (AvgIpc) is 2.30. The first-order valence-corrected chi connectivity index (χ1v) is 6.09. The van der Waals surface area contributed by atoms with Gasteiger partial charge in [0.2, 0.25) is 0 Å². The third-order valence-electron chi connectivity index (χ3n) is 3.07. The maximum absolute atomic E-state index is 9.95. The van der Waals surface area contributed by atoms with Crippen molar-refractivity contribution in [3.05, 3.63) is 23.8 Å². The van der Waals surface area contributed by atoms with E-state index in [2.05, 4.69) is 26.1 Å². The van der Waals surface area contributed by atoms with Gasteiger partial charge in [-0.15, -0.1) is 0 Å². The predicted molar refractivity (Wildman–Crippen MR) is 71.8 cm³/mol. The summed E-state index contributed by atoms with van der Waals surface area (Å²) in [6.07, 6.45) is 0. The van der Waals surface area contributed by atoms with Crippen LogP contribution in [0, 0.1) is 5.41 Å². The van der Waals surface area contributed by atoms with E-state index in [4.69, 9.17) is 4.74 Å². The Hall–Kier alpha value is -1.26. The van der Waals surface area contributed by atoms with Crippen LogP contribution in [0.15, 0.2) is 18.2 Å². The van der Waals surface area contributed by atoms with Crippen LogP contribution < -0.4 is 10.1 Å². The minimum Gasteiger partial charge on any atom is -0.504 e. The number of hydrogen-bond donors (Lipinski definition) is 3. The first-order valence-electron chi connectivity index (χ1n) is 6.09. The molecule has 3 N–H and O–H groups in total. The molecule has 0 unspecified atom stereocenters.